The summed E-state index contributed by atoms with van der Waals surface area (Å²) in [5, 5.41) is 16.2. The molecule has 3 N–H and O–H groups in total. The quantitative estimate of drug-likeness (QED) is 0.385. The average Bonchev–Trinajstić information content (AvgIpc) is 3.06. The minimum Gasteiger partial charge on any atom is -0.490 e. The fourth-order valence-electron chi connectivity index (χ4n) is 6.13. The third kappa shape index (κ3) is 9.90. The number of nitrogens with one attached hydrogen (secondary N) is 2. The normalized spacial score (nSPS) is 22.5. The second-order valence-corrected chi connectivity index (χ2v) is 12.9. The number of rotatable bonds is 7. The molecule has 0 bridgehead atoms. The fourth-order valence-corrected chi connectivity index (χ4v) is 6.13. The van der Waals surface area contributed by atoms with E-state index >= 15 is 0 Å². The number of aliphatic hydroxyl groups is 1. The van der Waals surface area contributed by atoms with Crippen LogP contribution in [0.25, 0.3) is 0 Å². The molecule has 2 aromatic rings. The van der Waals surface area contributed by atoms with Gasteiger partial charge < -0.3 is 35.0 Å². The van der Waals surface area contributed by atoms with Crippen LogP contribution >= 0.6 is 0 Å². The van der Waals surface area contributed by atoms with E-state index in [9.17, 15) is 19.5 Å². The topological polar surface area (TPSA) is 133 Å². The molecule has 1 aromatic carbocycles. The van der Waals surface area contributed by atoms with E-state index < -0.39 is 6.04 Å². The Morgan fingerprint density at radius 1 is 1.07 bits per heavy atom. The summed E-state index contributed by atoms with van der Waals surface area (Å²) in [5.41, 5.74) is 1.34. The zero-order valence-corrected chi connectivity index (χ0v) is 27.7. The number of ether oxygens (including phenoxy) is 2. The first-order valence-corrected chi connectivity index (χ1v) is 16.7. The molecule has 0 unspecified atom stereocenters. The van der Waals surface area contributed by atoms with Crippen molar-refractivity contribution in [2.75, 3.05) is 38.7 Å². The summed E-state index contributed by atoms with van der Waals surface area (Å²) in [6, 6.07) is 7.87. The Morgan fingerprint density at radius 2 is 1.78 bits per heavy atom. The Morgan fingerprint density at radius 3 is 2.50 bits per heavy atom. The smallest absolute Gasteiger partial charge is 0.319 e. The maximum Gasteiger partial charge on any atom is 0.319 e. The summed E-state index contributed by atoms with van der Waals surface area (Å²) in [4.78, 5) is 47.6. The van der Waals surface area contributed by atoms with Crippen molar-refractivity contribution in [2.24, 2.45) is 5.92 Å². The van der Waals surface area contributed by atoms with Gasteiger partial charge in [0.2, 0.25) is 0 Å². The molecule has 4 amide bonds. The van der Waals surface area contributed by atoms with E-state index in [-0.39, 0.29) is 55.2 Å². The molecule has 1 saturated carbocycles. The number of anilines is 1. The molecule has 2 aliphatic rings. The van der Waals surface area contributed by atoms with Crippen LogP contribution < -0.4 is 15.4 Å². The molecule has 1 fully saturated rings. The molecule has 1 aliphatic heterocycles. The lowest BCUT2D eigenvalue weighted by molar-refractivity contribution is -0.0149. The molecule has 4 atom stereocenters. The predicted molar refractivity (Wildman–Crippen MR) is 177 cm³/mol. The largest absolute Gasteiger partial charge is 0.490 e. The molecule has 11 nitrogen and oxygen atoms in total. The monoisotopic (exact) mass is 637 g/mol. The van der Waals surface area contributed by atoms with E-state index in [2.05, 4.69) is 15.6 Å². The van der Waals surface area contributed by atoms with E-state index in [4.69, 9.17) is 9.47 Å². The minimum absolute atomic E-state index is 0.137. The van der Waals surface area contributed by atoms with Gasteiger partial charge in [-0.05, 0) is 76.3 Å². The van der Waals surface area contributed by atoms with E-state index in [0.717, 1.165) is 44.9 Å². The summed E-state index contributed by atoms with van der Waals surface area (Å²) < 4.78 is 12.7. The molecule has 0 saturated heterocycles. The molecule has 252 valence electrons. The SMILES string of the molecule is C[C@H](CO)N1C[C@H](C)[C@@H](CN(C)C(=O)c2ccncc2)OCCCC[C@H](C)Oc2ccc(NC(=O)NC3CCCCC3)cc2C1=O. The number of nitrogens with zero attached hydrogens (tertiary/aromatic N) is 3. The highest BCUT2D eigenvalue weighted by molar-refractivity contribution is 5.99. The van der Waals surface area contributed by atoms with Crippen LogP contribution in [-0.2, 0) is 4.74 Å². The molecular formula is C35H51N5O6. The van der Waals surface area contributed by atoms with Gasteiger partial charge in [-0.3, -0.25) is 14.6 Å². The third-order valence-electron chi connectivity index (χ3n) is 8.98. The second kappa shape index (κ2) is 17.3. The number of pyridine rings is 1. The summed E-state index contributed by atoms with van der Waals surface area (Å²) in [5.74, 6) is -0.198. The molecular weight excluding hydrogens is 586 g/mol. The number of hydrogen-bond acceptors (Lipinski definition) is 7. The highest BCUT2D eigenvalue weighted by Gasteiger charge is 2.31. The summed E-state index contributed by atoms with van der Waals surface area (Å²) in [7, 11) is 1.75. The van der Waals surface area contributed by atoms with E-state index in [1.165, 1.54) is 6.42 Å². The number of amides is 4. The lowest BCUT2D eigenvalue weighted by atomic mass is 9.96. The van der Waals surface area contributed by atoms with Gasteiger partial charge >= 0.3 is 6.03 Å². The van der Waals surface area contributed by atoms with Gasteiger partial charge in [0, 0.05) is 62.3 Å². The van der Waals surface area contributed by atoms with Crippen LogP contribution in [0.1, 0.15) is 92.9 Å². The number of fused-ring (bicyclic) bond motifs is 1. The van der Waals surface area contributed by atoms with Crippen LogP contribution in [0.3, 0.4) is 0 Å². The lowest BCUT2D eigenvalue weighted by Crippen LogP contribution is -2.48. The maximum atomic E-state index is 14.3. The van der Waals surface area contributed by atoms with Crippen LogP contribution in [0.5, 0.6) is 5.75 Å². The molecule has 4 rings (SSSR count). The summed E-state index contributed by atoms with van der Waals surface area (Å²) in [6.07, 6.45) is 10.4. The van der Waals surface area contributed by atoms with Crippen molar-refractivity contribution in [1.29, 1.82) is 0 Å². The molecule has 0 radical (unpaired) electrons. The number of aromatic nitrogens is 1. The number of benzene rings is 1. The van der Waals surface area contributed by atoms with Crippen molar-refractivity contribution in [3.63, 3.8) is 0 Å². The van der Waals surface area contributed by atoms with Gasteiger partial charge in [-0.15, -0.1) is 0 Å². The number of likely N-dealkylation sites (N-methyl/N-ethyl adjacent to an activating group) is 1. The highest BCUT2D eigenvalue weighted by Crippen LogP contribution is 2.29. The Bertz CT molecular complexity index is 1290. The van der Waals surface area contributed by atoms with Crippen molar-refractivity contribution in [3.05, 3.63) is 53.9 Å². The number of urea groups is 1. The lowest BCUT2D eigenvalue weighted by Gasteiger charge is -2.36. The van der Waals surface area contributed by atoms with E-state index in [0.29, 0.717) is 35.7 Å². The van der Waals surface area contributed by atoms with Crippen LogP contribution in [0, 0.1) is 5.92 Å². The van der Waals surface area contributed by atoms with Gasteiger partial charge in [0.1, 0.15) is 5.75 Å². The molecule has 1 aliphatic carbocycles. The molecule has 2 heterocycles. The Balaban J connectivity index is 1.58. The van der Waals surface area contributed by atoms with Gasteiger partial charge in [-0.25, -0.2) is 4.79 Å². The van der Waals surface area contributed by atoms with Gasteiger partial charge in [-0.2, -0.15) is 0 Å². The van der Waals surface area contributed by atoms with Crippen molar-refractivity contribution in [3.8, 4) is 5.75 Å². The summed E-state index contributed by atoms with van der Waals surface area (Å²) >= 11 is 0. The fraction of sp³-hybridized carbons (Fsp3) is 0.600. The zero-order chi connectivity index (χ0) is 33.1. The van der Waals surface area contributed by atoms with Crippen molar-refractivity contribution < 1.29 is 29.0 Å². The zero-order valence-electron chi connectivity index (χ0n) is 27.7. The molecule has 46 heavy (non-hydrogen) atoms. The third-order valence-corrected chi connectivity index (χ3v) is 8.98. The van der Waals surface area contributed by atoms with Crippen molar-refractivity contribution in [2.45, 2.75) is 96.4 Å². The van der Waals surface area contributed by atoms with E-state index in [1.54, 1.807) is 66.5 Å². The van der Waals surface area contributed by atoms with Crippen LogP contribution in [0.2, 0.25) is 0 Å². The number of carbonyl (C=O) groups is 3. The maximum absolute atomic E-state index is 14.3. The van der Waals surface area contributed by atoms with Crippen molar-refractivity contribution >= 4 is 23.5 Å². The first-order chi connectivity index (χ1) is 22.2. The van der Waals surface area contributed by atoms with Crippen LogP contribution in [-0.4, -0.2) is 95.4 Å². The Labute approximate surface area is 273 Å². The van der Waals surface area contributed by atoms with Gasteiger partial charge in [0.05, 0.1) is 30.4 Å². The van der Waals surface area contributed by atoms with Gasteiger partial charge in [0.25, 0.3) is 11.8 Å². The van der Waals surface area contributed by atoms with Crippen LogP contribution in [0.15, 0.2) is 42.7 Å². The molecule has 0 spiro atoms. The average molecular weight is 638 g/mol. The minimum atomic E-state index is -0.504. The van der Waals surface area contributed by atoms with E-state index in [1.807, 2.05) is 13.8 Å². The number of carbonyl (C=O) groups excluding carboxylic acids is 3. The molecule has 1 aromatic heterocycles. The second-order valence-electron chi connectivity index (χ2n) is 12.9. The van der Waals surface area contributed by atoms with Crippen molar-refractivity contribution in [1.82, 2.24) is 20.1 Å². The predicted octanol–water partition coefficient (Wildman–Crippen LogP) is 5.10. The summed E-state index contributed by atoms with van der Waals surface area (Å²) in [6.45, 7) is 6.65. The number of aliphatic hydroxyl groups excluding tert-OH is 1. The van der Waals surface area contributed by atoms with Crippen LogP contribution in [0.4, 0.5) is 10.5 Å². The Hall–Kier alpha value is -3.70. The molecule has 11 heteroatoms. The first-order valence-electron chi connectivity index (χ1n) is 16.7. The van der Waals surface area contributed by atoms with Gasteiger partial charge in [0.15, 0.2) is 0 Å². The highest BCUT2D eigenvalue weighted by atomic mass is 16.5. The van der Waals surface area contributed by atoms with Gasteiger partial charge in [-0.1, -0.05) is 26.2 Å². The first kappa shape index (κ1) is 35.2. The number of hydrogen-bond donors (Lipinski definition) is 3. The Kier molecular flexibility index (Phi) is 13.2. The standard InChI is InChI=1S/C35H51N5O6/c1-24-21-40(25(2)23-41)34(43)30-20-29(38-35(44)37-28-11-6-5-7-12-28)13-14-31(30)46-26(3)10-8-9-19-45-32(24)22-39(4)33(42)27-15-17-36-18-16-27/h13-18,20,24-26,28,32,41H,5-12,19,21-23H2,1-4H3,(H2,37,38,44)/t24-,25+,26-,32+/m0/s1.